The van der Waals surface area contributed by atoms with Crippen molar-refractivity contribution in [3.05, 3.63) is 51.7 Å². The van der Waals surface area contributed by atoms with E-state index in [4.69, 9.17) is 4.52 Å². The number of carbonyl (C=O) groups excluding carboxylic acids is 1. The van der Waals surface area contributed by atoms with E-state index in [9.17, 15) is 4.79 Å². The maximum absolute atomic E-state index is 12.6. The van der Waals surface area contributed by atoms with Gasteiger partial charge in [0.2, 0.25) is 0 Å². The fourth-order valence-electron chi connectivity index (χ4n) is 2.13. The molecule has 0 aliphatic heterocycles. The van der Waals surface area contributed by atoms with E-state index in [1.165, 1.54) is 11.3 Å². The third-order valence-corrected chi connectivity index (χ3v) is 5.01. The summed E-state index contributed by atoms with van der Waals surface area (Å²) in [6.45, 7) is 4.46. The normalized spacial score (nSPS) is 11.0. The van der Waals surface area contributed by atoms with Gasteiger partial charge in [0, 0.05) is 12.1 Å². The zero-order chi connectivity index (χ0) is 15.5. The van der Waals surface area contributed by atoms with Crippen LogP contribution in [0.2, 0.25) is 0 Å². The molecular weight excluding hydrogens is 316 g/mol. The maximum atomic E-state index is 12.6. The van der Waals surface area contributed by atoms with E-state index in [0.717, 1.165) is 21.2 Å². The predicted octanol–water partition coefficient (Wildman–Crippen LogP) is 4.52. The minimum absolute atomic E-state index is 0.0330. The van der Waals surface area contributed by atoms with Crippen molar-refractivity contribution in [2.45, 2.75) is 26.4 Å². The van der Waals surface area contributed by atoms with Gasteiger partial charge >= 0.3 is 0 Å². The third kappa shape index (κ3) is 3.13. The summed E-state index contributed by atoms with van der Waals surface area (Å²) < 4.78 is 5.39. The number of rotatable bonds is 5. The monoisotopic (exact) mass is 332 g/mol. The Labute approximate surface area is 137 Å². The van der Waals surface area contributed by atoms with E-state index in [1.54, 1.807) is 11.3 Å². The topological polar surface area (TPSA) is 46.3 Å². The average molecular weight is 332 g/mol. The summed E-state index contributed by atoms with van der Waals surface area (Å²) in [5, 5.41) is 8.01. The second kappa shape index (κ2) is 6.46. The lowest BCUT2D eigenvalue weighted by Gasteiger charge is -2.25. The van der Waals surface area contributed by atoms with Crippen LogP contribution in [0.25, 0.3) is 10.6 Å². The molecule has 0 radical (unpaired) electrons. The Morgan fingerprint density at radius 1 is 1.27 bits per heavy atom. The van der Waals surface area contributed by atoms with Crippen molar-refractivity contribution >= 4 is 28.6 Å². The largest absolute Gasteiger partial charge is 0.355 e. The lowest BCUT2D eigenvalue weighted by Crippen LogP contribution is -2.36. The van der Waals surface area contributed by atoms with Crippen LogP contribution in [0.15, 0.2) is 45.6 Å². The van der Waals surface area contributed by atoms with E-state index in [2.05, 4.69) is 5.16 Å². The van der Waals surface area contributed by atoms with Crippen LogP contribution in [0, 0.1) is 0 Å². The van der Waals surface area contributed by atoms with Gasteiger partial charge in [-0.05, 0) is 36.7 Å². The maximum Gasteiger partial charge on any atom is 0.264 e. The first-order valence-corrected chi connectivity index (χ1v) is 8.75. The number of carbonyl (C=O) groups is 1. The molecule has 6 heteroatoms. The molecule has 3 rings (SSSR count). The number of amides is 1. The minimum Gasteiger partial charge on any atom is -0.355 e. The molecule has 114 valence electrons. The molecule has 3 aromatic heterocycles. The highest BCUT2D eigenvalue weighted by molar-refractivity contribution is 7.13. The summed E-state index contributed by atoms with van der Waals surface area (Å²) >= 11 is 3.06. The summed E-state index contributed by atoms with van der Waals surface area (Å²) in [6, 6.07) is 9.71. The van der Waals surface area contributed by atoms with Gasteiger partial charge in [0.05, 0.1) is 16.3 Å². The molecule has 3 heterocycles. The molecule has 0 aromatic carbocycles. The van der Waals surface area contributed by atoms with E-state index in [0.29, 0.717) is 6.54 Å². The Morgan fingerprint density at radius 3 is 2.68 bits per heavy atom. The summed E-state index contributed by atoms with van der Waals surface area (Å²) in [7, 11) is 0. The van der Waals surface area contributed by atoms with Gasteiger partial charge in [-0.3, -0.25) is 4.79 Å². The molecule has 0 atom stereocenters. The van der Waals surface area contributed by atoms with Gasteiger partial charge in [-0.2, -0.15) is 0 Å². The average Bonchev–Trinajstić information content (AvgIpc) is 3.24. The first-order valence-electron chi connectivity index (χ1n) is 6.99. The molecule has 3 aromatic rings. The highest BCUT2D eigenvalue weighted by Gasteiger charge is 2.21. The molecule has 4 nitrogen and oxygen atoms in total. The molecule has 22 heavy (non-hydrogen) atoms. The molecule has 0 aliphatic rings. The lowest BCUT2D eigenvalue weighted by atomic mass is 10.2. The molecule has 1 amide bonds. The van der Waals surface area contributed by atoms with Crippen molar-refractivity contribution in [2.24, 2.45) is 0 Å². The zero-order valence-corrected chi connectivity index (χ0v) is 14.0. The molecule has 0 spiro atoms. The quantitative estimate of drug-likeness (QED) is 0.690. The van der Waals surface area contributed by atoms with Gasteiger partial charge in [-0.15, -0.1) is 22.7 Å². The fourth-order valence-corrected chi connectivity index (χ4v) is 3.48. The first kappa shape index (κ1) is 15.0. The Morgan fingerprint density at radius 2 is 2.05 bits per heavy atom. The van der Waals surface area contributed by atoms with Gasteiger partial charge in [0.25, 0.3) is 5.91 Å². The Hall–Kier alpha value is -1.92. The fraction of sp³-hybridized carbons (Fsp3) is 0.250. The molecular formula is C16H16N2O2S2. The molecule has 0 bridgehead atoms. The van der Waals surface area contributed by atoms with Crippen molar-refractivity contribution in [2.75, 3.05) is 0 Å². The van der Waals surface area contributed by atoms with Crippen molar-refractivity contribution in [3.8, 4) is 10.6 Å². The molecule has 0 fully saturated rings. The van der Waals surface area contributed by atoms with Gasteiger partial charge < -0.3 is 9.42 Å². The van der Waals surface area contributed by atoms with Crippen LogP contribution < -0.4 is 0 Å². The van der Waals surface area contributed by atoms with Crippen LogP contribution >= 0.6 is 22.7 Å². The lowest BCUT2D eigenvalue weighted by molar-refractivity contribution is 0.0691. The van der Waals surface area contributed by atoms with E-state index in [-0.39, 0.29) is 11.9 Å². The Balaban J connectivity index is 1.78. The minimum atomic E-state index is 0.0330. The predicted molar refractivity (Wildman–Crippen MR) is 89.1 cm³/mol. The van der Waals surface area contributed by atoms with E-state index < -0.39 is 0 Å². The first-order chi connectivity index (χ1) is 10.6. The number of hydrogen-bond acceptors (Lipinski definition) is 5. The van der Waals surface area contributed by atoms with Crippen LogP contribution in [0.1, 0.15) is 29.2 Å². The SMILES string of the molecule is CC(C)N(Cc1cc(-c2cccs2)on1)C(=O)c1cccs1. The van der Waals surface area contributed by atoms with Crippen molar-refractivity contribution in [1.29, 1.82) is 0 Å². The van der Waals surface area contributed by atoms with Crippen LogP contribution in [0.4, 0.5) is 0 Å². The number of nitrogens with zero attached hydrogens (tertiary/aromatic N) is 2. The molecule has 0 N–H and O–H groups in total. The van der Waals surface area contributed by atoms with Crippen LogP contribution in [-0.2, 0) is 6.54 Å². The smallest absolute Gasteiger partial charge is 0.264 e. The van der Waals surface area contributed by atoms with Crippen molar-refractivity contribution in [1.82, 2.24) is 10.1 Å². The van der Waals surface area contributed by atoms with Gasteiger partial charge in [0.1, 0.15) is 5.69 Å². The summed E-state index contributed by atoms with van der Waals surface area (Å²) in [6.07, 6.45) is 0. The van der Waals surface area contributed by atoms with E-state index in [1.807, 2.05) is 59.8 Å². The second-order valence-electron chi connectivity index (χ2n) is 5.16. The second-order valence-corrected chi connectivity index (χ2v) is 7.06. The summed E-state index contributed by atoms with van der Waals surface area (Å²) in [5.74, 6) is 0.781. The highest BCUT2D eigenvalue weighted by Crippen LogP contribution is 2.26. The zero-order valence-electron chi connectivity index (χ0n) is 12.4. The van der Waals surface area contributed by atoms with Crippen molar-refractivity contribution < 1.29 is 9.32 Å². The standard InChI is InChI=1S/C16H16N2O2S2/c1-11(2)18(16(19)15-6-4-8-22-15)10-12-9-13(20-17-12)14-5-3-7-21-14/h3-9,11H,10H2,1-2H3. The van der Waals surface area contributed by atoms with Crippen molar-refractivity contribution in [3.63, 3.8) is 0 Å². The van der Waals surface area contributed by atoms with Gasteiger partial charge in [0.15, 0.2) is 5.76 Å². The number of thiophene rings is 2. The Bertz CT molecular complexity index is 730. The molecule has 0 saturated heterocycles. The summed E-state index contributed by atoms with van der Waals surface area (Å²) in [4.78, 5) is 16.2. The van der Waals surface area contributed by atoms with Gasteiger partial charge in [-0.1, -0.05) is 17.3 Å². The Kier molecular flexibility index (Phi) is 4.40. The molecule has 0 saturated carbocycles. The van der Waals surface area contributed by atoms with Crippen LogP contribution in [-0.4, -0.2) is 22.0 Å². The van der Waals surface area contributed by atoms with Gasteiger partial charge in [-0.25, -0.2) is 0 Å². The van der Waals surface area contributed by atoms with Crippen LogP contribution in [0.3, 0.4) is 0 Å². The number of aromatic nitrogens is 1. The van der Waals surface area contributed by atoms with E-state index >= 15 is 0 Å². The number of hydrogen-bond donors (Lipinski definition) is 0. The molecule has 0 aliphatic carbocycles. The molecule has 0 unspecified atom stereocenters. The third-order valence-electron chi connectivity index (χ3n) is 3.27. The summed E-state index contributed by atoms with van der Waals surface area (Å²) in [5.41, 5.74) is 0.766. The highest BCUT2D eigenvalue weighted by atomic mass is 32.1. The van der Waals surface area contributed by atoms with Crippen LogP contribution in [0.5, 0.6) is 0 Å².